The summed E-state index contributed by atoms with van der Waals surface area (Å²) in [5, 5.41) is 9.42. The highest BCUT2D eigenvalue weighted by Gasteiger charge is 2.38. The Kier molecular flexibility index (Phi) is 5.11. The molecule has 24 heavy (non-hydrogen) atoms. The Morgan fingerprint density at radius 1 is 1.17 bits per heavy atom. The maximum atomic E-state index is 12.5. The molecule has 4 rings (SSSR count). The first kappa shape index (κ1) is 17.2. The second-order valence-corrected chi connectivity index (χ2v) is 7.02. The van der Waals surface area contributed by atoms with E-state index in [1.165, 1.54) is 25.7 Å². The second-order valence-electron chi connectivity index (χ2n) is 7.02. The molecule has 2 aliphatic heterocycles. The summed E-state index contributed by atoms with van der Waals surface area (Å²) in [7, 11) is 0. The maximum Gasteiger partial charge on any atom is 0.241 e. The molecule has 1 aromatic rings. The van der Waals surface area contributed by atoms with Crippen LogP contribution in [0.1, 0.15) is 44.1 Å². The zero-order chi connectivity index (χ0) is 15.8. The van der Waals surface area contributed by atoms with Crippen LogP contribution in [0.25, 0.3) is 0 Å². The van der Waals surface area contributed by atoms with E-state index in [-0.39, 0.29) is 30.3 Å². The molecule has 3 atom stereocenters. The molecule has 1 saturated heterocycles. The number of nitrogens with one attached hydrogen (secondary N) is 3. The Labute approximate surface area is 148 Å². The maximum absolute atomic E-state index is 12.5. The number of rotatable bonds is 2. The van der Waals surface area contributed by atoms with E-state index in [0.29, 0.717) is 18.4 Å². The highest BCUT2D eigenvalue weighted by Crippen LogP contribution is 2.33. The van der Waals surface area contributed by atoms with Crippen molar-refractivity contribution in [3.63, 3.8) is 0 Å². The third-order valence-corrected chi connectivity index (χ3v) is 5.45. The minimum absolute atomic E-state index is 0. The number of carbonyl (C=O) groups excluding carboxylic acids is 2. The van der Waals surface area contributed by atoms with Gasteiger partial charge < -0.3 is 16.0 Å². The van der Waals surface area contributed by atoms with Crippen LogP contribution in [0.3, 0.4) is 0 Å². The molecular formula is C18H24ClN3O2. The van der Waals surface area contributed by atoms with Crippen molar-refractivity contribution in [2.45, 2.75) is 57.0 Å². The summed E-state index contributed by atoms with van der Waals surface area (Å²) in [6.45, 7) is 0. The molecule has 2 amide bonds. The van der Waals surface area contributed by atoms with E-state index in [0.717, 1.165) is 29.8 Å². The van der Waals surface area contributed by atoms with Gasteiger partial charge in [-0.1, -0.05) is 12.8 Å². The number of benzene rings is 1. The van der Waals surface area contributed by atoms with E-state index < -0.39 is 0 Å². The first-order valence-corrected chi connectivity index (χ1v) is 8.69. The van der Waals surface area contributed by atoms with Crippen molar-refractivity contribution >= 4 is 35.6 Å². The van der Waals surface area contributed by atoms with E-state index >= 15 is 0 Å². The Morgan fingerprint density at radius 3 is 2.83 bits per heavy atom. The number of fused-ring (bicyclic) bond motifs is 2. The Hall–Kier alpha value is -1.59. The van der Waals surface area contributed by atoms with Crippen LogP contribution in [-0.2, 0) is 16.0 Å². The molecule has 0 aromatic heterocycles. The van der Waals surface area contributed by atoms with E-state index in [4.69, 9.17) is 0 Å². The Bertz CT molecular complexity index is 635. The lowest BCUT2D eigenvalue weighted by Crippen LogP contribution is -2.39. The lowest BCUT2D eigenvalue weighted by atomic mass is 9.85. The van der Waals surface area contributed by atoms with E-state index in [1.807, 2.05) is 18.2 Å². The minimum Gasteiger partial charge on any atom is -0.326 e. The molecule has 1 saturated carbocycles. The van der Waals surface area contributed by atoms with Gasteiger partial charge in [-0.15, -0.1) is 12.4 Å². The molecule has 3 unspecified atom stereocenters. The van der Waals surface area contributed by atoms with Crippen molar-refractivity contribution < 1.29 is 9.59 Å². The quantitative estimate of drug-likeness (QED) is 0.769. The van der Waals surface area contributed by atoms with Gasteiger partial charge in [0.05, 0.1) is 6.04 Å². The van der Waals surface area contributed by atoms with Crippen molar-refractivity contribution in [1.82, 2.24) is 5.32 Å². The van der Waals surface area contributed by atoms with Crippen LogP contribution >= 0.6 is 12.4 Å². The van der Waals surface area contributed by atoms with E-state index in [1.54, 1.807) is 0 Å². The van der Waals surface area contributed by atoms with Gasteiger partial charge in [-0.25, -0.2) is 0 Å². The number of halogens is 1. The van der Waals surface area contributed by atoms with Crippen molar-refractivity contribution in [2.75, 3.05) is 10.6 Å². The monoisotopic (exact) mass is 349 g/mol. The van der Waals surface area contributed by atoms with Crippen molar-refractivity contribution in [2.24, 2.45) is 5.92 Å². The van der Waals surface area contributed by atoms with Crippen LogP contribution in [-0.4, -0.2) is 23.9 Å². The minimum atomic E-state index is -0.0705. The van der Waals surface area contributed by atoms with Gasteiger partial charge in [-0.05, 0) is 55.4 Å². The topological polar surface area (TPSA) is 70.2 Å². The third kappa shape index (κ3) is 3.42. The van der Waals surface area contributed by atoms with Crippen molar-refractivity contribution in [3.8, 4) is 0 Å². The molecule has 2 fully saturated rings. The molecule has 0 spiro atoms. The predicted molar refractivity (Wildman–Crippen MR) is 96.6 cm³/mol. The molecular weight excluding hydrogens is 326 g/mol. The summed E-state index contributed by atoms with van der Waals surface area (Å²) in [6, 6.07) is 6.18. The summed E-state index contributed by atoms with van der Waals surface area (Å²) >= 11 is 0. The fourth-order valence-electron chi connectivity index (χ4n) is 4.21. The van der Waals surface area contributed by atoms with Gasteiger partial charge in [-0.3, -0.25) is 9.59 Å². The Balaban J connectivity index is 0.00000169. The third-order valence-electron chi connectivity index (χ3n) is 5.45. The standard InChI is InChI=1S/C18H23N3O2.ClH/c22-17-8-5-12-9-13(6-7-15(12)21-17)19-18(23)16-10-11-3-1-2-4-14(11)20-16;/h6-7,9,11,14,16,20H,1-5,8,10H2,(H,19,23)(H,21,22);1H. The fourth-order valence-corrected chi connectivity index (χ4v) is 4.21. The zero-order valence-corrected chi connectivity index (χ0v) is 14.5. The van der Waals surface area contributed by atoms with Gasteiger partial charge in [0, 0.05) is 23.8 Å². The predicted octanol–water partition coefficient (Wildman–Crippen LogP) is 2.85. The van der Waals surface area contributed by atoms with Crippen LogP contribution in [0.2, 0.25) is 0 Å². The highest BCUT2D eigenvalue weighted by atomic mass is 35.5. The first-order chi connectivity index (χ1) is 11.2. The average Bonchev–Trinajstić information content (AvgIpc) is 2.99. The first-order valence-electron chi connectivity index (χ1n) is 8.69. The number of hydrogen-bond donors (Lipinski definition) is 3. The number of carbonyl (C=O) groups is 2. The summed E-state index contributed by atoms with van der Waals surface area (Å²) in [4.78, 5) is 23.9. The zero-order valence-electron chi connectivity index (χ0n) is 13.6. The van der Waals surface area contributed by atoms with Gasteiger partial charge in [0.1, 0.15) is 0 Å². The van der Waals surface area contributed by atoms with Gasteiger partial charge in [0.2, 0.25) is 11.8 Å². The van der Waals surface area contributed by atoms with Crippen LogP contribution < -0.4 is 16.0 Å². The van der Waals surface area contributed by atoms with Gasteiger partial charge >= 0.3 is 0 Å². The summed E-state index contributed by atoms with van der Waals surface area (Å²) < 4.78 is 0. The van der Waals surface area contributed by atoms with Crippen LogP contribution in [0.4, 0.5) is 11.4 Å². The SMILES string of the molecule is Cl.O=C1CCc2cc(NC(=O)C3CC4CCCCC4N3)ccc2N1. The summed E-state index contributed by atoms with van der Waals surface area (Å²) in [6.07, 6.45) is 7.23. The van der Waals surface area contributed by atoms with Crippen LogP contribution in [0.15, 0.2) is 18.2 Å². The largest absolute Gasteiger partial charge is 0.326 e. The highest BCUT2D eigenvalue weighted by molar-refractivity contribution is 5.97. The van der Waals surface area contributed by atoms with Crippen LogP contribution in [0.5, 0.6) is 0 Å². The molecule has 6 heteroatoms. The normalized spacial score (nSPS) is 28.2. The summed E-state index contributed by atoms with van der Waals surface area (Å²) in [5.41, 5.74) is 2.78. The molecule has 3 N–H and O–H groups in total. The van der Waals surface area contributed by atoms with E-state index in [2.05, 4.69) is 16.0 Å². The number of hydrogen-bond acceptors (Lipinski definition) is 3. The van der Waals surface area contributed by atoms with Gasteiger partial charge in [0.25, 0.3) is 0 Å². The summed E-state index contributed by atoms with van der Waals surface area (Å²) in [5.74, 6) is 0.796. The van der Waals surface area contributed by atoms with Crippen molar-refractivity contribution in [3.05, 3.63) is 23.8 Å². The molecule has 1 aliphatic carbocycles. The van der Waals surface area contributed by atoms with E-state index in [9.17, 15) is 9.59 Å². The average molecular weight is 350 g/mol. The van der Waals surface area contributed by atoms with Crippen LogP contribution in [0, 0.1) is 5.92 Å². The fraction of sp³-hybridized carbons (Fsp3) is 0.556. The number of aryl methyl sites for hydroxylation is 1. The van der Waals surface area contributed by atoms with Gasteiger partial charge in [-0.2, -0.15) is 0 Å². The Morgan fingerprint density at radius 2 is 2.00 bits per heavy atom. The molecule has 2 heterocycles. The van der Waals surface area contributed by atoms with Crippen molar-refractivity contribution in [1.29, 1.82) is 0 Å². The molecule has 5 nitrogen and oxygen atoms in total. The molecule has 0 bridgehead atoms. The lowest BCUT2D eigenvalue weighted by Gasteiger charge is -2.24. The molecule has 3 aliphatic rings. The van der Waals surface area contributed by atoms with Gasteiger partial charge in [0.15, 0.2) is 0 Å². The molecule has 1 aromatic carbocycles. The lowest BCUT2D eigenvalue weighted by molar-refractivity contribution is -0.118. The number of anilines is 2. The molecule has 0 radical (unpaired) electrons. The number of amides is 2. The smallest absolute Gasteiger partial charge is 0.241 e. The molecule has 130 valence electrons. The second kappa shape index (κ2) is 7.11.